The summed E-state index contributed by atoms with van der Waals surface area (Å²) in [5, 5.41) is 0. The Bertz CT molecular complexity index is 828. The van der Waals surface area contributed by atoms with Crippen molar-refractivity contribution in [1.29, 1.82) is 0 Å². The van der Waals surface area contributed by atoms with Crippen LogP contribution in [0.3, 0.4) is 0 Å². The van der Waals surface area contributed by atoms with Crippen molar-refractivity contribution in [2.24, 2.45) is 0 Å². The first-order valence-electron chi connectivity index (χ1n) is 25.0. The van der Waals surface area contributed by atoms with Crippen molar-refractivity contribution in [2.45, 2.75) is 290 Å². The molecule has 0 fully saturated rings. The van der Waals surface area contributed by atoms with Crippen molar-refractivity contribution in [3.63, 3.8) is 0 Å². The number of unbranched alkanes of at least 4 members (excludes halogenated alkanes) is 35. The summed E-state index contributed by atoms with van der Waals surface area (Å²) in [6.07, 6.45) is 48.0. The molecule has 1 atom stereocenters. The van der Waals surface area contributed by atoms with E-state index in [0.717, 1.165) is 57.8 Å². The first kappa shape index (κ1) is 54.4. The van der Waals surface area contributed by atoms with Gasteiger partial charge in [0.2, 0.25) is 0 Å². The molecule has 0 heterocycles. The standard InChI is InChI=1S/C50H96O6/c1-4-7-10-13-16-19-22-24-25-26-27-29-31-34-37-40-43-49(52)55-46-47(45-54-48(51)42-39-36-33-30-21-18-15-12-9-6-3)56-50(53)44-41-38-35-32-28-23-20-17-14-11-8-5-2/h47H,4-46H2,1-3H3/t47-/m1/s1. The van der Waals surface area contributed by atoms with E-state index in [2.05, 4.69) is 20.8 Å². The van der Waals surface area contributed by atoms with Crippen LogP contribution in [0.25, 0.3) is 0 Å². The molecular weight excluding hydrogens is 697 g/mol. The number of hydrogen-bond acceptors (Lipinski definition) is 6. The Kier molecular flexibility index (Phi) is 44.8. The van der Waals surface area contributed by atoms with Gasteiger partial charge in [-0.3, -0.25) is 14.4 Å². The van der Waals surface area contributed by atoms with Crippen LogP contribution < -0.4 is 0 Å². The molecule has 6 heteroatoms. The molecule has 0 saturated heterocycles. The van der Waals surface area contributed by atoms with Crippen molar-refractivity contribution in [3.05, 3.63) is 0 Å². The SMILES string of the molecule is CCCCCCCCCCCCCCCCCCC(=O)OC[C@@H](COC(=O)CCCCCCCCCCCC)OC(=O)CCCCCCCCCCCCCC. The van der Waals surface area contributed by atoms with Crippen LogP contribution in [0.2, 0.25) is 0 Å². The van der Waals surface area contributed by atoms with E-state index in [4.69, 9.17) is 14.2 Å². The fourth-order valence-corrected chi connectivity index (χ4v) is 7.56. The summed E-state index contributed by atoms with van der Waals surface area (Å²) >= 11 is 0. The van der Waals surface area contributed by atoms with Gasteiger partial charge in [0.25, 0.3) is 0 Å². The molecule has 0 spiro atoms. The third-order valence-electron chi connectivity index (χ3n) is 11.4. The van der Waals surface area contributed by atoms with E-state index in [0.29, 0.717) is 19.3 Å². The second kappa shape index (κ2) is 46.1. The quantitative estimate of drug-likeness (QED) is 0.0347. The topological polar surface area (TPSA) is 78.9 Å². The van der Waals surface area contributed by atoms with Crippen molar-refractivity contribution in [2.75, 3.05) is 13.2 Å². The number of ether oxygens (including phenoxy) is 3. The van der Waals surface area contributed by atoms with Gasteiger partial charge in [-0.25, -0.2) is 0 Å². The number of carbonyl (C=O) groups excluding carboxylic acids is 3. The minimum atomic E-state index is -0.758. The van der Waals surface area contributed by atoms with E-state index in [-0.39, 0.29) is 31.1 Å². The average molecular weight is 793 g/mol. The van der Waals surface area contributed by atoms with Gasteiger partial charge in [0.1, 0.15) is 13.2 Å². The van der Waals surface area contributed by atoms with Crippen molar-refractivity contribution in [1.82, 2.24) is 0 Å². The predicted octanol–water partition coefficient (Wildman–Crippen LogP) is 16.0. The van der Waals surface area contributed by atoms with Gasteiger partial charge in [0, 0.05) is 19.3 Å². The Labute approximate surface area is 348 Å². The van der Waals surface area contributed by atoms with Gasteiger partial charge in [-0.15, -0.1) is 0 Å². The monoisotopic (exact) mass is 793 g/mol. The molecule has 0 aliphatic heterocycles. The van der Waals surface area contributed by atoms with E-state index in [1.165, 1.54) is 186 Å². The van der Waals surface area contributed by atoms with Gasteiger partial charge >= 0.3 is 17.9 Å². The molecule has 0 N–H and O–H groups in total. The molecule has 0 aromatic heterocycles. The molecule has 0 saturated carbocycles. The van der Waals surface area contributed by atoms with Crippen LogP contribution in [0.15, 0.2) is 0 Å². The van der Waals surface area contributed by atoms with E-state index in [1.54, 1.807) is 0 Å². The molecule has 56 heavy (non-hydrogen) atoms. The Hall–Kier alpha value is -1.59. The highest BCUT2D eigenvalue weighted by Crippen LogP contribution is 2.16. The first-order chi connectivity index (χ1) is 27.5. The first-order valence-corrected chi connectivity index (χ1v) is 25.0. The van der Waals surface area contributed by atoms with Crippen LogP contribution in [0.5, 0.6) is 0 Å². The minimum Gasteiger partial charge on any atom is -0.462 e. The lowest BCUT2D eigenvalue weighted by Crippen LogP contribution is -2.30. The molecule has 0 aromatic rings. The number of esters is 3. The van der Waals surface area contributed by atoms with Gasteiger partial charge in [-0.2, -0.15) is 0 Å². The third kappa shape index (κ3) is 43.5. The van der Waals surface area contributed by atoms with E-state index < -0.39 is 6.10 Å². The number of rotatable bonds is 46. The summed E-state index contributed by atoms with van der Waals surface area (Å²) < 4.78 is 16.8. The zero-order valence-electron chi connectivity index (χ0n) is 37.9. The normalized spacial score (nSPS) is 11.8. The second-order valence-corrected chi connectivity index (χ2v) is 17.1. The number of hydrogen-bond donors (Lipinski definition) is 0. The highest BCUT2D eigenvalue weighted by atomic mass is 16.6. The molecule has 0 rings (SSSR count). The predicted molar refractivity (Wildman–Crippen MR) is 238 cm³/mol. The summed E-state index contributed by atoms with van der Waals surface area (Å²) in [5.41, 5.74) is 0. The van der Waals surface area contributed by atoms with Gasteiger partial charge in [-0.1, -0.05) is 245 Å². The zero-order valence-corrected chi connectivity index (χ0v) is 37.9. The Morgan fingerprint density at radius 3 is 0.714 bits per heavy atom. The zero-order chi connectivity index (χ0) is 40.8. The molecule has 6 nitrogen and oxygen atoms in total. The summed E-state index contributed by atoms with van der Waals surface area (Å²) in [6, 6.07) is 0. The van der Waals surface area contributed by atoms with Crippen molar-refractivity contribution >= 4 is 17.9 Å². The summed E-state index contributed by atoms with van der Waals surface area (Å²) in [4.78, 5) is 37.8. The van der Waals surface area contributed by atoms with Crippen molar-refractivity contribution < 1.29 is 28.6 Å². The summed E-state index contributed by atoms with van der Waals surface area (Å²) in [5.74, 6) is -0.846. The lowest BCUT2D eigenvalue weighted by molar-refractivity contribution is -0.167. The highest BCUT2D eigenvalue weighted by molar-refractivity contribution is 5.71. The summed E-state index contributed by atoms with van der Waals surface area (Å²) in [7, 11) is 0. The molecule has 0 aliphatic rings. The van der Waals surface area contributed by atoms with Crippen LogP contribution in [-0.2, 0) is 28.6 Å². The maximum absolute atomic E-state index is 12.7. The van der Waals surface area contributed by atoms with Crippen LogP contribution in [0.1, 0.15) is 284 Å². The molecule has 0 amide bonds. The fourth-order valence-electron chi connectivity index (χ4n) is 7.56. The Balaban J connectivity index is 4.27. The fraction of sp³-hybridized carbons (Fsp3) is 0.940. The maximum atomic E-state index is 12.7. The number of carbonyl (C=O) groups is 3. The lowest BCUT2D eigenvalue weighted by Gasteiger charge is -2.18. The van der Waals surface area contributed by atoms with E-state index in [1.807, 2.05) is 0 Å². The minimum absolute atomic E-state index is 0.0621. The van der Waals surface area contributed by atoms with Gasteiger partial charge in [-0.05, 0) is 19.3 Å². The van der Waals surface area contributed by atoms with Crippen LogP contribution in [-0.4, -0.2) is 37.2 Å². The molecule has 0 aliphatic carbocycles. The van der Waals surface area contributed by atoms with E-state index in [9.17, 15) is 14.4 Å². The molecule has 0 bridgehead atoms. The largest absolute Gasteiger partial charge is 0.462 e. The van der Waals surface area contributed by atoms with Crippen LogP contribution >= 0.6 is 0 Å². The Morgan fingerprint density at radius 2 is 0.482 bits per heavy atom. The molecule has 332 valence electrons. The Morgan fingerprint density at radius 1 is 0.286 bits per heavy atom. The molecule has 0 radical (unpaired) electrons. The van der Waals surface area contributed by atoms with Gasteiger partial charge in [0.05, 0.1) is 0 Å². The molecule has 0 unspecified atom stereocenters. The van der Waals surface area contributed by atoms with Crippen LogP contribution in [0.4, 0.5) is 0 Å². The van der Waals surface area contributed by atoms with Crippen LogP contribution in [0, 0.1) is 0 Å². The maximum Gasteiger partial charge on any atom is 0.306 e. The highest BCUT2D eigenvalue weighted by Gasteiger charge is 2.19. The lowest BCUT2D eigenvalue weighted by atomic mass is 10.0. The smallest absolute Gasteiger partial charge is 0.306 e. The van der Waals surface area contributed by atoms with E-state index >= 15 is 0 Å². The van der Waals surface area contributed by atoms with Gasteiger partial charge in [0.15, 0.2) is 6.10 Å². The van der Waals surface area contributed by atoms with Crippen molar-refractivity contribution in [3.8, 4) is 0 Å². The second-order valence-electron chi connectivity index (χ2n) is 17.1. The summed E-state index contributed by atoms with van der Waals surface area (Å²) in [6.45, 7) is 6.66. The average Bonchev–Trinajstić information content (AvgIpc) is 3.19. The van der Waals surface area contributed by atoms with Gasteiger partial charge < -0.3 is 14.2 Å². The third-order valence-corrected chi connectivity index (χ3v) is 11.4. The molecule has 0 aromatic carbocycles. The molecular formula is C50H96O6.